The van der Waals surface area contributed by atoms with Crippen molar-refractivity contribution in [3.05, 3.63) is 42.2 Å². The lowest BCUT2D eigenvalue weighted by Gasteiger charge is -2.18. The topological polar surface area (TPSA) is 115 Å². The van der Waals surface area contributed by atoms with E-state index in [0.29, 0.717) is 6.07 Å². The molecule has 35 heavy (non-hydrogen) atoms. The Bertz CT molecular complexity index is 1070. The fourth-order valence-corrected chi connectivity index (χ4v) is 2.25. The molecular formula is C21H26F6N8. The number of rotatable bonds is 5. The molecule has 3 aromatic heterocycles. The van der Waals surface area contributed by atoms with Crippen molar-refractivity contribution < 1.29 is 26.3 Å². The molecule has 0 aliphatic heterocycles. The minimum Gasteiger partial charge on any atom is -0.384 e. The number of halogens is 6. The number of aromatic nitrogens is 5. The largest absolute Gasteiger partial charge is 0.433 e. The first kappa shape index (κ1) is 29.3. The molecule has 0 aromatic carbocycles. The maximum absolute atomic E-state index is 12.9. The summed E-state index contributed by atoms with van der Waals surface area (Å²) >= 11 is 0. The predicted octanol–water partition coefficient (Wildman–Crippen LogP) is 6.09. The van der Waals surface area contributed by atoms with E-state index in [4.69, 9.17) is 5.73 Å². The van der Waals surface area contributed by atoms with Gasteiger partial charge < -0.3 is 16.4 Å². The first-order valence-electron chi connectivity index (χ1n) is 10.5. The molecule has 0 fully saturated rings. The SMILES string of the molecule is CC.CC.CC(Nc1nc(Nc2ccnc(C(F)(F)F)c2)nc(-c2cccc(N)n2)n1)C(F)(F)F. The van der Waals surface area contributed by atoms with Crippen LogP contribution in [0.2, 0.25) is 0 Å². The van der Waals surface area contributed by atoms with Gasteiger partial charge in [0.25, 0.3) is 0 Å². The van der Waals surface area contributed by atoms with Crippen LogP contribution in [0.4, 0.5) is 49.7 Å². The third kappa shape index (κ3) is 8.87. The molecule has 14 heteroatoms. The van der Waals surface area contributed by atoms with Crippen LogP contribution in [0.5, 0.6) is 0 Å². The van der Waals surface area contributed by atoms with E-state index in [1.807, 2.05) is 27.7 Å². The molecule has 8 nitrogen and oxygen atoms in total. The number of nitrogens with one attached hydrogen (secondary N) is 2. The Balaban J connectivity index is 0.00000145. The molecule has 3 rings (SSSR count). The van der Waals surface area contributed by atoms with E-state index in [-0.39, 0.29) is 29.0 Å². The van der Waals surface area contributed by atoms with Crippen LogP contribution < -0.4 is 16.4 Å². The molecule has 192 valence electrons. The highest BCUT2D eigenvalue weighted by atomic mass is 19.4. The second-order valence-corrected chi connectivity index (χ2v) is 6.21. The van der Waals surface area contributed by atoms with Crippen molar-refractivity contribution in [3.63, 3.8) is 0 Å². The number of nitrogen functional groups attached to an aromatic ring is 1. The molecule has 0 spiro atoms. The summed E-state index contributed by atoms with van der Waals surface area (Å²) in [5.41, 5.74) is 4.48. The summed E-state index contributed by atoms with van der Waals surface area (Å²) in [5, 5.41) is 4.60. The normalized spacial score (nSPS) is 11.9. The van der Waals surface area contributed by atoms with Crippen molar-refractivity contribution in [1.29, 1.82) is 0 Å². The molecule has 0 radical (unpaired) electrons. The zero-order valence-corrected chi connectivity index (χ0v) is 19.6. The van der Waals surface area contributed by atoms with Crippen molar-refractivity contribution >= 4 is 23.4 Å². The Morgan fingerprint density at radius 2 is 1.49 bits per heavy atom. The maximum Gasteiger partial charge on any atom is 0.433 e. The third-order valence-corrected chi connectivity index (χ3v) is 3.78. The molecule has 3 aromatic rings. The van der Waals surface area contributed by atoms with Gasteiger partial charge in [-0.2, -0.15) is 41.3 Å². The van der Waals surface area contributed by atoms with Crippen molar-refractivity contribution in [2.75, 3.05) is 16.4 Å². The second kappa shape index (κ2) is 12.7. The van der Waals surface area contributed by atoms with Gasteiger partial charge in [-0.15, -0.1) is 0 Å². The van der Waals surface area contributed by atoms with Crippen molar-refractivity contribution in [3.8, 4) is 11.5 Å². The van der Waals surface area contributed by atoms with Crippen LogP contribution in [0, 0.1) is 0 Å². The Morgan fingerprint density at radius 1 is 0.857 bits per heavy atom. The molecule has 1 unspecified atom stereocenters. The van der Waals surface area contributed by atoms with Gasteiger partial charge in [0, 0.05) is 11.9 Å². The highest BCUT2D eigenvalue weighted by molar-refractivity contribution is 5.60. The molecule has 0 aliphatic carbocycles. The molecule has 0 amide bonds. The van der Waals surface area contributed by atoms with Gasteiger partial charge in [-0.1, -0.05) is 33.8 Å². The molecule has 1 atom stereocenters. The first-order valence-corrected chi connectivity index (χ1v) is 10.5. The van der Waals surface area contributed by atoms with Gasteiger partial charge in [0.15, 0.2) is 5.82 Å². The van der Waals surface area contributed by atoms with Crippen LogP contribution in [0.1, 0.15) is 40.3 Å². The zero-order chi connectivity index (χ0) is 26.8. The van der Waals surface area contributed by atoms with Crippen molar-refractivity contribution in [2.24, 2.45) is 0 Å². The zero-order valence-electron chi connectivity index (χ0n) is 19.6. The average Bonchev–Trinajstić information content (AvgIpc) is 2.80. The first-order chi connectivity index (χ1) is 16.4. The fraction of sp³-hybridized carbons (Fsp3) is 0.381. The van der Waals surface area contributed by atoms with Crippen molar-refractivity contribution in [1.82, 2.24) is 24.9 Å². The predicted molar refractivity (Wildman–Crippen MR) is 122 cm³/mol. The number of hydrogen-bond donors (Lipinski definition) is 3. The maximum atomic E-state index is 12.9. The summed E-state index contributed by atoms with van der Waals surface area (Å²) in [7, 11) is 0. The summed E-state index contributed by atoms with van der Waals surface area (Å²) in [6.07, 6.45) is -8.37. The lowest BCUT2D eigenvalue weighted by molar-refractivity contribution is -0.141. The van der Waals surface area contributed by atoms with Gasteiger partial charge in [-0.3, -0.25) is 4.98 Å². The van der Waals surface area contributed by atoms with Gasteiger partial charge in [-0.25, -0.2) is 4.98 Å². The van der Waals surface area contributed by atoms with E-state index in [9.17, 15) is 26.3 Å². The van der Waals surface area contributed by atoms with Crippen molar-refractivity contribution in [2.45, 2.75) is 53.0 Å². The molecule has 0 bridgehead atoms. The number of alkyl halides is 6. The van der Waals surface area contributed by atoms with E-state index in [0.717, 1.165) is 13.1 Å². The Hall–Kier alpha value is -3.71. The summed E-state index contributed by atoms with van der Waals surface area (Å²) in [6.45, 7) is 8.85. The van der Waals surface area contributed by atoms with Gasteiger partial charge in [0.2, 0.25) is 11.9 Å². The molecule has 0 saturated carbocycles. The molecule has 0 aliphatic rings. The van der Waals surface area contributed by atoms with Crippen LogP contribution in [0.15, 0.2) is 36.5 Å². The second-order valence-electron chi connectivity index (χ2n) is 6.21. The summed E-state index contributed by atoms with van der Waals surface area (Å²) in [6, 6.07) is 4.36. The van der Waals surface area contributed by atoms with Crippen LogP contribution in [-0.4, -0.2) is 37.1 Å². The lowest BCUT2D eigenvalue weighted by Crippen LogP contribution is -2.34. The van der Waals surface area contributed by atoms with E-state index in [2.05, 4.69) is 35.6 Å². The van der Waals surface area contributed by atoms with Crippen LogP contribution in [-0.2, 0) is 6.18 Å². The van der Waals surface area contributed by atoms with Crippen LogP contribution in [0.3, 0.4) is 0 Å². The summed E-state index contributed by atoms with van der Waals surface area (Å²) < 4.78 is 77.4. The van der Waals surface area contributed by atoms with E-state index in [1.54, 1.807) is 0 Å². The lowest BCUT2D eigenvalue weighted by atomic mass is 10.3. The van der Waals surface area contributed by atoms with Crippen LogP contribution >= 0.6 is 0 Å². The quantitative estimate of drug-likeness (QED) is 0.358. The monoisotopic (exact) mass is 504 g/mol. The number of nitrogens with zero attached hydrogens (tertiary/aromatic N) is 5. The van der Waals surface area contributed by atoms with Gasteiger partial charge in [0.05, 0.1) is 0 Å². The summed E-state index contributed by atoms with van der Waals surface area (Å²) in [5.74, 6) is -0.821. The third-order valence-electron chi connectivity index (χ3n) is 3.78. The standard InChI is InChI=1S/C17H14F6N8.2C2H6/c1-8(16(18,19)20)26-14-29-13(10-3-2-4-12(24)28-10)30-15(31-14)27-9-5-6-25-11(7-9)17(21,22)23;2*1-2/h2-8H,1H3,(H2,24,28)(H2,25,26,27,29,30,31);2*1-2H3. The molecule has 3 heterocycles. The minimum absolute atomic E-state index is 0.0881. The minimum atomic E-state index is -4.69. The van der Waals surface area contributed by atoms with Crippen LogP contribution in [0.25, 0.3) is 11.5 Å². The smallest absolute Gasteiger partial charge is 0.384 e. The molecule has 4 N–H and O–H groups in total. The molecular weight excluding hydrogens is 478 g/mol. The van der Waals surface area contributed by atoms with Gasteiger partial charge in [-0.05, 0) is 31.2 Å². The molecule has 0 saturated heterocycles. The van der Waals surface area contributed by atoms with Gasteiger partial charge >= 0.3 is 12.4 Å². The fourth-order valence-electron chi connectivity index (χ4n) is 2.25. The Kier molecular flexibility index (Phi) is 10.6. The number of anilines is 4. The number of hydrogen-bond acceptors (Lipinski definition) is 8. The Labute approximate surface area is 198 Å². The Morgan fingerprint density at radius 3 is 2.06 bits per heavy atom. The highest BCUT2D eigenvalue weighted by Gasteiger charge is 2.36. The highest BCUT2D eigenvalue weighted by Crippen LogP contribution is 2.30. The number of pyridine rings is 2. The van der Waals surface area contributed by atoms with E-state index < -0.39 is 30.0 Å². The van der Waals surface area contributed by atoms with Gasteiger partial charge in [0.1, 0.15) is 23.2 Å². The summed E-state index contributed by atoms with van der Waals surface area (Å²) in [4.78, 5) is 19.0. The van der Waals surface area contributed by atoms with E-state index in [1.165, 1.54) is 24.3 Å². The average molecular weight is 504 g/mol. The number of nitrogens with two attached hydrogens (primary N) is 1. The van der Waals surface area contributed by atoms with E-state index >= 15 is 0 Å².